The molecule has 0 N–H and O–H groups in total. The van der Waals surface area contributed by atoms with Gasteiger partial charge in [0.15, 0.2) is 0 Å². The number of esters is 1. The van der Waals surface area contributed by atoms with Crippen LogP contribution in [0.5, 0.6) is 0 Å². The summed E-state index contributed by atoms with van der Waals surface area (Å²) >= 11 is 0. The first-order valence-electron chi connectivity index (χ1n) is 17.0. The first-order chi connectivity index (χ1) is 18.8. The van der Waals surface area contributed by atoms with E-state index in [0.717, 1.165) is 6.42 Å². The molecule has 0 aromatic heterocycles. The van der Waals surface area contributed by atoms with Crippen molar-refractivity contribution in [2.75, 3.05) is 6.61 Å². The molecule has 0 saturated carbocycles. The summed E-state index contributed by atoms with van der Waals surface area (Å²) in [7, 11) is 0. The molecule has 0 bridgehead atoms. The lowest BCUT2D eigenvalue weighted by atomic mass is 9.91. The van der Waals surface area contributed by atoms with Crippen molar-refractivity contribution in [1.29, 1.82) is 0 Å². The van der Waals surface area contributed by atoms with E-state index in [2.05, 4.69) is 13.8 Å². The molecule has 220 valence electrons. The molecule has 0 radical (unpaired) electrons. The second-order valence-electron chi connectivity index (χ2n) is 11.8. The van der Waals surface area contributed by atoms with Gasteiger partial charge < -0.3 is 4.74 Å². The zero-order valence-electron chi connectivity index (χ0n) is 25.7. The van der Waals surface area contributed by atoms with E-state index in [1.54, 1.807) is 0 Å². The molecule has 1 aromatic rings. The lowest BCUT2D eigenvalue weighted by Crippen LogP contribution is -2.11. The number of hydrogen-bond donors (Lipinski definition) is 0. The van der Waals surface area contributed by atoms with E-state index in [4.69, 9.17) is 4.74 Å². The fraction of sp³-hybridized carbons (Fsp3) is 0.806. The largest absolute Gasteiger partial charge is 0.462 e. The highest BCUT2D eigenvalue weighted by Crippen LogP contribution is 2.23. The monoisotopic (exact) mass is 528 g/mol. The number of benzene rings is 1. The van der Waals surface area contributed by atoms with Gasteiger partial charge in [-0.15, -0.1) is 0 Å². The van der Waals surface area contributed by atoms with E-state index in [1.165, 1.54) is 154 Å². The fourth-order valence-corrected chi connectivity index (χ4v) is 5.60. The summed E-state index contributed by atoms with van der Waals surface area (Å²) in [6.45, 7) is 5.15. The third kappa shape index (κ3) is 21.6. The van der Waals surface area contributed by atoms with Gasteiger partial charge in [-0.05, 0) is 24.5 Å². The van der Waals surface area contributed by atoms with Crippen LogP contribution in [0, 0.1) is 5.92 Å². The zero-order chi connectivity index (χ0) is 27.4. The summed E-state index contributed by atoms with van der Waals surface area (Å²) in [5, 5.41) is 0. The Labute approximate surface area is 238 Å². The number of rotatable bonds is 28. The first kappa shape index (κ1) is 34.7. The van der Waals surface area contributed by atoms with Crippen LogP contribution in [0.3, 0.4) is 0 Å². The lowest BCUT2D eigenvalue weighted by molar-refractivity contribution is 0.0478. The highest BCUT2D eigenvalue weighted by molar-refractivity contribution is 5.89. The molecule has 0 aliphatic rings. The quantitative estimate of drug-likeness (QED) is 0.0798. The fourth-order valence-electron chi connectivity index (χ4n) is 5.60. The third-order valence-electron chi connectivity index (χ3n) is 8.20. The molecule has 0 fully saturated rings. The van der Waals surface area contributed by atoms with E-state index >= 15 is 0 Å². The number of unbranched alkanes of at least 4 members (excludes halogenated alkanes) is 20. The molecule has 2 heteroatoms. The van der Waals surface area contributed by atoms with Gasteiger partial charge in [0.05, 0.1) is 12.2 Å². The predicted molar refractivity (Wildman–Crippen MR) is 167 cm³/mol. The summed E-state index contributed by atoms with van der Waals surface area (Å²) in [4.78, 5) is 12.3. The smallest absolute Gasteiger partial charge is 0.338 e. The summed E-state index contributed by atoms with van der Waals surface area (Å²) in [6, 6.07) is 9.43. The second kappa shape index (κ2) is 27.3. The van der Waals surface area contributed by atoms with E-state index in [9.17, 15) is 4.79 Å². The lowest BCUT2D eigenvalue weighted by Gasteiger charge is -2.17. The van der Waals surface area contributed by atoms with Crippen LogP contribution in [0.25, 0.3) is 0 Å². The third-order valence-corrected chi connectivity index (χ3v) is 8.20. The number of carbonyl (C=O) groups is 1. The maximum atomic E-state index is 12.3. The number of hydrogen-bond acceptors (Lipinski definition) is 2. The molecule has 0 heterocycles. The Morgan fingerprint density at radius 1 is 0.526 bits per heavy atom. The van der Waals surface area contributed by atoms with Crippen LogP contribution < -0.4 is 0 Å². The van der Waals surface area contributed by atoms with E-state index in [-0.39, 0.29) is 5.97 Å². The van der Waals surface area contributed by atoms with Crippen molar-refractivity contribution in [3.63, 3.8) is 0 Å². The van der Waals surface area contributed by atoms with Crippen molar-refractivity contribution in [3.05, 3.63) is 35.9 Å². The minimum absolute atomic E-state index is 0.173. The van der Waals surface area contributed by atoms with Crippen LogP contribution >= 0.6 is 0 Å². The number of carbonyl (C=O) groups excluding carboxylic acids is 1. The van der Waals surface area contributed by atoms with Crippen LogP contribution in [0.2, 0.25) is 0 Å². The molecule has 0 spiro atoms. The average molecular weight is 529 g/mol. The predicted octanol–water partition coefficient (Wildman–Crippen LogP) is 12.3. The van der Waals surface area contributed by atoms with Crippen molar-refractivity contribution < 1.29 is 9.53 Å². The standard InChI is InChI=1S/C36H64O2/c1-3-5-7-9-11-13-15-16-18-20-22-25-29-34(28-24-21-19-17-14-12-10-8-6-4-2)32-33-38-36(37)35-30-26-23-27-31-35/h23,26-27,30-31,34H,3-22,24-25,28-29,32-33H2,1-2H3. The molecule has 0 saturated heterocycles. The molecular weight excluding hydrogens is 464 g/mol. The van der Waals surface area contributed by atoms with Gasteiger partial charge in [-0.3, -0.25) is 0 Å². The van der Waals surface area contributed by atoms with Gasteiger partial charge in [-0.25, -0.2) is 4.79 Å². The van der Waals surface area contributed by atoms with Crippen LogP contribution in [-0.2, 0) is 4.74 Å². The van der Waals surface area contributed by atoms with Gasteiger partial charge in [-0.2, -0.15) is 0 Å². The minimum Gasteiger partial charge on any atom is -0.462 e. The highest BCUT2D eigenvalue weighted by Gasteiger charge is 2.12. The van der Waals surface area contributed by atoms with Crippen molar-refractivity contribution in [3.8, 4) is 0 Å². The highest BCUT2D eigenvalue weighted by atomic mass is 16.5. The summed E-state index contributed by atoms with van der Waals surface area (Å²) in [5.74, 6) is 0.532. The SMILES string of the molecule is CCCCCCCCCCCCCCC(CCCCCCCCCCCC)CCOC(=O)c1ccccc1. The Hall–Kier alpha value is -1.31. The molecule has 1 unspecified atom stereocenters. The normalized spacial score (nSPS) is 12.1. The average Bonchev–Trinajstić information content (AvgIpc) is 2.94. The zero-order valence-corrected chi connectivity index (χ0v) is 25.7. The Bertz CT molecular complexity index is 611. The van der Waals surface area contributed by atoms with Crippen LogP contribution in [-0.4, -0.2) is 12.6 Å². The van der Waals surface area contributed by atoms with Gasteiger partial charge in [0.2, 0.25) is 0 Å². The summed E-state index contributed by atoms with van der Waals surface area (Å²) in [5.41, 5.74) is 0.666. The molecule has 1 atom stereocenters. The Balaban J connectivity index is 2.17. The van der Waals surface area contributed by atoms with E-state index < -0.39 is 0 Å². The maximum Gasteiger partial charge on any atom is 0.338 e. The van der Waals surface area contributed by atoms with Gasteiger partial charge in [0.1, 0.15) is 0 Å². The van der Waals surface area contributed by atoms with E-state index in [0.29, 0.717) is 18.1 Å². The van der Waals surface area contributed by atoms with Crippen LogP contribution in [0.1, 0.15) is 185 Å². The summed E-state index contributed by atoms with van der Waals surface area (Å²) < 4.78 is 5.63. The molecule has 0 aliphatic heterocycles. The van der Waals surface area contributed by atoms with E-state index in [1.807, 2.05) is 30.3 Å². The van der Waals surface area contributed by atoms with Crippen molar-refractivity contribution in [1.82, 2.24) is 0 Å². The second-order valence-corrected chi connectivity index (χ2v) is 11.8. The van der Waals surface area contributed by atoms with Crippen molar-refractivity contribution in [2.24, 2.45) is 5.92 Å². The Morgan fingerprint density at radius 2 is 0.895 bits per heavy atom. The van der Waals surface area contributed by atoms with Crippen LogP contribution in [0.15, 0.2) is 30.3 Å². The molecule has 2 nitrogen and oxygen atoms in total. The van der Waals surface area contributed by atoms with Crippen molar-refractivity contribution >= 4 is 5.97 Å². The van der Waals surface area contributed by atoms with Gasteiger partial charge >= 0.3 is 5.97 Å². The first-order valence-corrected chi connectivity index (χ1v) is 17.0. The van der Waals surface area contributed by atoms with Crippen LogP contribution in [0.4, 0.5) is 0 Å². The maximum absolute atomic E-state index is 12.3. The Morgan fingerprint density at radius 3 is 1.29 bits per heavy atom. The van der Waals surface area contributed by atoms with Gasteiger partial charge in [0.25, 0.3) is 0 Å². The molecule has 0 aliphatic carbocycles. The van der Waals surface area contributed by atoms with Crippen molar-refractivity contribution in [2.45, 2.75) is 174 Å². The Kier molecular flexibility index (Phi) is 24.9. The number of ether oxygens (including phenoxy) is 1. The summed E-state index contributed by atoms with van der Waals surface area (Å²) in [6.07, 6.45) is 34.4. The minimum atomic E-state index is -0.173. The van der Waals surface area contributed by atoms with Gasteiger partial charge in [-0.1, -0.05) is 186 Å². The molecule has 1 rings (SSSR count). The molecule has 38 heavy (non-hydrogen) atoms. The molecule has 1 aromatic carbocycles. The molecule has 0 amide bonds. The topological polar surface area (TPSA) is 26.3 Å². The molecular formula is C36H64O2. The van der Waals surface area contributed by atoms with Gasteiger partial charge in [0, 0.05) is 0 Å².